The van der Waals surface area contributed by atoms with Crippen molar-refractivity contribution in [3.63, 3.8) is 0 Å². The van der Waals surface area contributed by atoms with Crippen LogP contribution in [0.15, 0.2) is 54.6 Å². The van der Waals surface area contributed by atoms with Crippen LogP contribution in [0, 0.1) is 0 Å². The summed E-state index contributed by atoms with van der Waals surface area (Å²) in [5.74, 6) is 0. The van der Waals surface area contributed by atoms with Gasteiger partial charge >= 0.3 is 0 Å². The molecule has 2 rings (SSSR count). The molecule has 0 aliphatic carbocycles. The molecule has 0 aliphatic rings. The Bertz CT molecular complexity index is 517. The fraction of sp³-hybridized carbons (Fsp3) is 0.368. The Morgan fingerprint density at radius 2 is 1.52 bits per heavy atom. The van der Waals surface area contributed by atoms with E-state index in [0.717, 1.165) is 19.5 Å². The fourth-order valence-electron chi connectivity index (χ4n) is 2.47. The van der Waals surface area contributed by atoms with E-state index in [1.165, 1.54) is 16.7 Å². The summed E-state index contributed by atoms with van der Waals surface area (Å²) in [7, 11) is 4.24. The van der Waals surface area contributed by atoms with E-state index in [9.17, 15) is 0 Å². The molecule has 0 amide bonds. The third-order valence-electron chi connectivity index (χ3n) is 3.73. The summed E-state index contributed by atoms with van der Waals surface area (Å²) in [6.45, 7) is 4.09. The first-order valence-corrected chi connectivity index (χ1v) is 7.70. The normalized spacial score (nSPS) is 12.6. The van der Waals surface area contributed by atoms with E-state index in [0.29, 0.717) is 6.04 Å². The molecule has 2 aromatic carbocycles. The topological polar surface area (TPSA) is 15.3 Å². The zero-order valence-corrected chi connectivity index (χ0v) is 13.3. The molecule has 0 saturated heterocycles. The van der Waals surface area contributed by atoms with Gasteiger partial charge in [0.2, 0.25) is 0 Å². The third-order valence-corrected chi connectivity index (χ3v) is 3.73. The first kappa shape index (κ1) is 15.7. The van der Waals surface area contributed by atoms with Gasteiger partial charge in [-0.1, -0.05) is 61.5 Å². The highest BCUT2D eigenvalue weighted by Crippen LogP contribution is 2.14. The summed E-state index contributed by atoms with van der Waals surface area (Å²) in [6.07, 6.45) is 1.10. The molecular formula is C19H26N2. The van der Waals surface area contributed by atoms with Gasteiger partial charge in [-0.2, -0.15) is 0 Å². The largest absolute Gasteiger partial charge is 0.308 e. The predicted octanol–water partition coefficient (Wildman–Crippen LogP) is 3.64. The van der Waals surface area contributed by atoms with Crippen LogP contribution >= 0.6 is 0 Å². The lowest BCUT2D eigenvalue weighted by Crippen LogP contribution is -2.30. The lowest BCUT2D eigenvalue weighted by atomic mass is 10.1. The van der Waals surface area contributed by atoms with Gasteiger partial charge in [-0.15, -0.1) is 0 Å². The Kier molecular flexibility index (Phi) is 5.97. The average molecular weight is 282 g/mol. The second-order valence-corrected chi connectivity index (χ2v) is 5.78. The molecule has 0 fully saturated rings. The molecule has 0 aromatic heterocycles. The van der Waals surface area contributed by atoms with E-state index in [2.05, 4.69) is 85.8 Å². The van der Waals surface area contributed by atoms with E-state index in [-0.39, 0.29) is 0 Å². The van der Waals surface area contributed by atoms with Gasteiger partial charge in [0.05, 0.1) is 0 Å². The van der Waals surface area contributed by atoms with Crippen molar-refractivity contribution in [3.8, 4) is 0 Å². The highest BCUT2D eigenvalue weighted by atomic mass is 15.1. The van der Waals surface area contributed by atoms with Crippen molar-refractivity contribution >= 4 is 0 Å². The van der Waals surface area contributed by atoms with Crippen molar-refractivity contribution in [2.45, 2.75) is 25.9 Å². The summed E-state index contributed by atoms with van der Waals surface area (Å²) in [4.78, 5) is 2.23. The summed E-state index contributed by atoms with van der Waals surface area (Å²) >= 11 is 0. The van der Waals surface area contributed by atoms with Crippen molar-refractivity contribution in [3.05, 3.63) is 71.3 Å². The van der Waals surface area contributed by atoms with Crippen LogP contribution in [0.25, 0.3) is 0 Å². The lowest BCUT2D eigenvalue weighted by molar-refractivity contribution is 0.340. The van der Waals surface area contributed by atoms with Crippen molar-refractivity contribution in [2.24, 2.45) is 0 Å². The first-order valence-electron chi connectivity index (χ1n) is 7.70. The molecule has 2 heteroatoms. The molecular weight excluding hydrogens is 256 g/mol. The van der Waals surface area contributed by atoms with Gasteiger partial charge in [0, 0.05) is 19.1 Å². The number of nitrogens with zero attached hydrogens (tertiary/aromatic N) is 1. The van der Waals surface area contributed by atoms with E-state index in [1.807, 2.05) is 0 Å². The van der Waals surface area contributed by atoms with Crippen LogP contribution in [-0.4, -0.2) is 25.5 Å². The Labute approximate surface area is 128 Å². The maximum absolute atomic E-state index is 3.68. The van der Waals surface area contributed by atoms with Gasteiger partial charge in [0.15, 0.2) is 0 Å². The standard InChI is InChI=1S/C19H26N2/c1-4-16-10-12-17(13-11-16)14-20-19(15-21(2)3)18-8-6-5-7-9-18/h5-13,19-20H,4,14-15H2,1-3H3. The van der Waals surface area contributed by atoms with Gasteiger partial charge < -0.3 is 10.2 Å². The smallest absolute Gasteiger partial charge is 0.0451 e. The molecule has 0 spiro atoms. The van der Waals surface area contributed by atoms with Crippen LogP contribution in [0.3, 0.4) is 0 Å². The first-order chi connectivity index (χ1) is 10.2. The maximum atomic E-state index is 3.68. The Morgan fingerprint density at radius 3 is 2.10 bits per heavy atom. The fourth-order valence-corrected chi connectivity index (χ4v) is 2.47. The lowest BCUT2D eigenvalue weighted by Gasteiger charge is -2.23. The van der Waals surface area contributed by atoms with Crippen LogP contribution in [0.2, 0.25) is 0 Å². The minimum Gasteiger partial charge on any atom is -0.308 e. The summed E-state index contributed by atoms with van der Waals surface area (Å²) < 4.78 is 0. The van der Waals surface area contributed by atoms with Gasteiger partial charge in [0.25, 0.3) is 0 Å². The molecule has 1 unspecified atom stereocenters. The second kappa shape index (κ2) is 7.96. The molecule has 2 nitrogen and oxygen atoms in total. The molecule has 0 saturated carbocycles. The van der Waals surface area contributed by atoms with E-state index >= 15 is 0 Å². The molecule has 2 aromatic rings. The minimum absolute atomic E-state index is 0.354. The van der Waals surface area contributed by atoms with Crippen LogP contribution in [0.4, 0.5) is 0 Å². The maximum Gasteiger partial charge on any atom is 0.0451 e. The average Bonchev–Trinajstić information content (AvgIpc) is 2.52. The highest BCUT2D eigenvalue weighted by molar-refractivity contribution is 5.23. The Balaban J connectivity index is 2.01. The molecule has 0 aliphatic heterocycles. The number of rotatable bonds is 7. The van der Waals surface area contributed by atoms with Crippen molar-refractivity contribution in [2.75, 3.05) is 20.6 Å². The van der Waals surface area contributed by atoms with Gasteiger partial charge in [-0.25, -0.2) is 0 Å². The Hall–Kier alpha value is -1.64. The van der Waals surface area contributed by atoms with Crippen LogP contribution in [0.1, 0.15) is 29.7 Å². The zero-order valence-electron chi connectivity index (χ0n) is 13.3. The summed E-state index contributed by atoms with van der Waals surface area (Å²) in [6, 6.07) is 19.9. The predicted molar refractivity (Wildman–Crippen MR) is 90.4 cm³/mol. The minimum atomic E-state index is 0.354. The van der Waals surface area contributed by atoms with Crippen molar-refractivity contribution in [1.29, 1.82) is 0 Å². The van der Waals surface area contributed by atoms with Gasteiger partial charge in [0.1, 0.15) is 0 Å². The van der Waals surface area contributed by atoms with Crippen molar-refractivity contribution in [1.82, 2.24) is 10.2 Å². The zero-order chi connectivity index (χ0) is 15.1. The molecule has 1 N–H and O–H groups in total. The van der Waals surface area contributed by atoms with Crippen LogP contribution in [-0.2, 0) is 13.0 Å². The van der Waals surface area contributed by atoms with E-state index in [4.69, 9.17) is 0 Å². The molecule has 0 bridgehead atoms. The SMILES string of the molecule is CCc1ccc(CNC(CN(C)C)c2ccccc2)cc1. The van der Waals surface area contributed by atoms with E-state index < -0.39 is 0 Å². The van der Waals surface area contributed by atoms with E-state index in [1.54, 1.807) is 0 Å². The van der Waals surface area contributed by atoms with Crippen LogP contribution < -0.4 is 5.32 Å². The van der Waals surface area contributed by atoms with Gasteiger partial charge in [-0.3, -0.25) is 0 Å². The molecule has 112 valence electrons. The van der Waals surface area contributed by atoms with Crippen molar-refractivity contribution < 1.29 is 0 Å². The number of nitrogens with one attached hydrogen (secondary N) is 1. The molecule has 0 heterocycles. The summed E-state index contributed by atoms with van der Waals surface area (Å²) in [5, 5.41) is 3.68. The molecule has 0 radical (unpaired) electrons. The molecule has 21 heavy (non-hydrogen) atoms. The number of hydrogen-bond donors (Lipinski definition) is 1. The number of benzene rings is 2. The quantitative estimate of drug-likeness (QED) is 0.834. The number of hydrogen-bond acceptors (Lipinski definition) is 2. The second-order valence-electron chi connectivity index (χ2n) is 5.78. The third kappa shape index (κ3) is 5.00. The molecule has 1 atom stereocenters. The number of aryl methyl sites for hydroxylation is 1. The van der Waals surface area contributed by atoms with Gasteiger partial charge in [-0.05, 0) is 37.2 Å². The highest BCUT2D eigenvalue weighted by Gasteiger charge is 2.11. The van der Waals surface area contributed by atoms with Crippen LogP contribution in [0.5, 0.6) is 0 Å². The summed E-state index contributed by atoms with van der Waals surface area (Å²) in [5.41, 5.74) is 4.08. The Morgan fingerprint density at radius 1 is 0.905 bits per heavy atom. The monoisotopic (exact) mass is 282 g/mol. The number of likely N-dealkylation sites (N-methyl/N-ethyl adjacent to an activating group) is 1.